The first kappa shape index (κ1) is 14.5. The van der Waals surface area contributed by atoms with Gasteiger partial charge in [-0.15, -0.1) is 10.2 Å². The lowest BCUT2D eigenvalue weighted by atomic mass is 10.1. The number of rotatable bonds is 4. The summed E-state index contributed by atoms with van der Waals surface area (Å²) in [6.45, 7) is 3.27. The quantitative estimate of drug-likeness (QED) is 0.794. The van der Waals surface area contributed by atoms with Gasteiger partial charge in [0.25, 0.3) is 0 Å². The second-order valence-electron chi connectivity index (χ2n) is 5.13. The lowest BCUT2D eigenvalue weighted by molar-refractivity contribution is 0.593. The van der Waals surface area contributed by atoms with Gasteiger partial charge in [-0.05, 0) is 38.1 Å². The van der Waals surface area contributed by atoms with Crippen LogP contribution in [-0.4, -0.2) is 33.5 Å². The second-order valence-corrected chi connectivity index (χ2v) is 7.36. The first-order valence-corrected chi connectivity index (χ1v) is 8.29. The van der Waals surface area contributed by atoms with E-state index in [9.17, 15) is 8.42 Å². The van der Waals surface area contributed by atoms with Gasteiger partial charge < -0.3 is 0 Å². The highest BCUT2D eigenvalue weighted by atomic mass is 32.2. The average molecular weight is 317 g/mol. The molecule has 0 radical (unpaired) electrons. The van der Waals surface area contributed by atoms with E-state index < -0.39 is 15.3 Å². The third-order valence-electron chi connectivity index (χ3n) is 3.22. The summed E-state index contributed by atoms with van der Waals surface area (Å²) < 4.78 is 27.8. The van der Waals surface area contributed by atoms with E-state index in [0.29, 0.717) is 11.3 Å². The molecule has 0 atom stereocenters. The van der Waals surface area contributed by atoms with Gasteiger partial charge in [0.2, 0.25) is 10.0 Å². The lowest BCUT2D eigenvalue weighted by Gasteiger charge is -2.11. The van der Waals surface area contributed by atoms with Crippen molar-refractivity contribution in [2.75, 3.05) is 4.72 Å². The molecule has 0 amide bonds. The molecule has 22 heavy (non-hydrogen) atoms. The fourth-order valence-electron chi connectivity index (χ4n) is 1.87. The largest absolute Gasteiger partial charge is 0.283 e. The number of nitrogens with zero attached hydrogens (tertiary/aromatic N) is 4. The summed E-state index contributed by atoms with van der Waals surface area (Å²) in [6.07, 6.45) is 1.53. The Balaban J connectivity index is 1.87. The topological polar surface area (TPSA) is 89.2 Å². The van der Waals surface area contributed by atoms with Crippen molar-refractivity contribution in [1.82, 2.24) is 19.8 Å². The molecule has 3 rings (SSSR count). The van der Waals surface area contributed by atoms with Gasteiger partial charge in [0.15, 0.2) is 5.65 Å². The highest BCUT2D eigenvalue weighted by Crippen LogP contribution is 2.20. The van der Waals surface area contributed by atoms with Crippen LogP contribution >= 0.6 is 0 Å². The van der Waals surface area contributed by atoms with Crippen molar-refractivity contribution in [2.45, 2.75) is 19.1 Å². The van der Waals surface area contributed by atoms with Crippen molar-refractivity contribution in [3.05, 3.63) is 42.7 Å². The molecule has 0 fully saturated rings. The van der Waals surface area contributed by atoms with Crippen LogP contribution in [0.3, 0.4) is 0 Å². The SMILES string of the molecule is CC(C)S(=O)(=O)Nc1ccc(-c2ccc3nncn3n2)cc1. The predicted octanol–water partition coefficient (Wildman–Crippen LogP) is 1.94. The summed E-state index contributed by atoms with van der Waals surface area (Å²) in [7, 11) is -3.34. The molecule has 0 saturated heterocycles. The zero-order valence-corrected chi connectivity index (χ0v) is 12.9. The van der Waals surface area contributed by atoms with E-state index in [2.05, 4.69) is 20.0 Å². The Bertz CT molecular complexity index is 900. The van der Waals surface area contributed by atoms with Crippen molar-refractivity contribution >= 4 is 21.4 Å². The number of nitrogens with one attached hydrogen (secondary N) is 1. The van der Waals surface area contributed by atoms with Gasteiger partial charge in [0.05, 0.1) is 10.9 Å². The van der Waals surface area contributed by atoms with Gasteiger partial charge in [-0.3, -0.25) is 4.72 Å². The van der Waals surface area contributed by atoms with Crippen LogP contribution in [-0.2, 0) is 10.0 Å². The lowest BCUT2D eigenvalue weighted by Crippen LogP contribution is -2.22. The van der Waals surface area contributed by atoms with Crippen LogP contribution in [0.15, 0.2) is 42.7 Å². The molecule has 1 N–H and O–H groups in total. The molecule has 0 saturated carbocycles. The smallest absolute Gasteiger partial charge is 0.235 e. The number of aromatic nitrogens is 4. The number of sulfonamides is 1. The van der Waals surface area contributed by atoms with E-state index in [1.807, 2.05) is 24.3 Å². The summed E-state index contributed by atoms with van der Waals surface area (Å²) in [5.41, 5.74) is 2.83. The molecule has 0 spiro atoms. The van der Waals surface area contributed by atoms with Crippen molar-refractivity contribution in [3.8, 4) is 11.3 Å². The van der Waals surface area contributed by atoms with Crippen LogP contribution in [0.2, 0.25) is 0 Å². The number of hydrogen-bond donors (Lipinski definition) is 1. The van der Waals surface area contributed by atoms with Gasteiger partial charge in [-0.25, -0.2) is 8.42 Å². The maximum atomic E-state index is 11.8. The summed E-state index contributed by atoms with van der Waals surface area (Å²) >= 11 is 0. The maximum absolute atomic E-state index is 11.8. The zero-order valence-electron chi connectivity index (χ0n) is 12.1. The molecule has 7 nitrogen and oxygen atoms in total. The van der Waals surface area contributed by atoms with E-state index in [1.165, 1.54) is 6.33 Å². The Morgan fingerprint density at radius 1 is 1.09 bits per heavy atom. The van der Waals surface area contributed by atoms with E-state index in [4.69, 9.17) is 0 Å². The highest BCUT2D eigenvalue weighted by Gasteiger charge is 2.15. The maximum Gasteiger partial charge on any atom is 0.235 e. The van der Waals surface area contributed by atoms with Crippen LogP contribution in [0.1, 0.15) is 13.8 Å². The third kappa shape index (κ3) is 2.77. The van der Waals surface area contributed by atoms with Crippen molar-refractivity contribution < 1.29 is 8.42 Å². The Hall–Kier alpha value is -2.48. The second kappa shape index (κ2) is 5.38. The number of benzene rings is 1. The molecule has 2 aromatic heterocycles. The summed E-state index contributed by atoms with van der Waals surface area (Å²) in [5.74, 6) is 0. The standard InChI is InChI=1S/C14H15N5O2S/c1-10(2)22(20,21)18-12-5-3-11(4-6-12)13-7-8-14-16-15-9-19(14)17-13/h3-10,18H,1-2H3. The normalized spacial score (nSPS) is 12.0. The summed E-state index contributed by atoms with van der Waals surface area (Å²) in [5, 5.41) is 11.6. The molecule has 114 valence electrons. The fraction of sp³-hybridized carbons (Fsp3) is 0.214. The van der Waals surface area contributed by atoms with E-state index in [-0.39, 0.29) is 0 Å². The molecule has 0 aliphatic rings. The molecule has 0 aliphatic carbocycles. The molecule has 0 aliphatic heterocycles. The Morgan fingerprint density at radius 3 is 2.50 bits per heavy atom. The van der Waals surface area contributed by atoms with E-state index >= 15 is 0 Å². The molecule has 0 bridgehead atoms. The molecule has 2 heterocycles. The van der Waals surface area contributed by atoms with Gasteiger partial charge in [-0.2, -0.15) is 9.61 Å². The van der Waals surface area contributed by atoms with Crippen LogP contribution < -0.4 is 4.72 Å². The van der Waals surface area contributed by atoms with Crippen molar-refractivity contribution in [1.29, 1.82) is 0 Å². The molecule has 8 heteroatoms. The van der Waals surface area contributed by atoms with Crippen LogP contribution in [0.5, 0.6) is 0 Å². The minimum Gasteiger partial charge on any atom is -0.283 e. The summed E-state index contributed by atoms with van der Waals surface area (Å²) in [4.78, 5) is 0. The van der Waals surface area contributed by atoms with E-state index in [0.717, 1.165) is 11.3 Å². The van der Waals surface area contributed by atoms with Gasteiger partial charge in [0, 0.05) is 11.3 Å². The zero-order chi connectivity index (χ0) is 15.7. The number of anilines is 1. The van der Waals surface area contributed by atoms with E-state index in [1.54, 1.807) is 30.5 Å². The highest BCUT2D eigenvalue weighted by molar-refractivity contribution is 7.93. The minimum absolute atomic E-state index is 0.481. The molecular weight excluding hydrogens is 302 g/mol. The monoisotopic (exact) mass is 317 g/mol. The van der Waals surface area contributed by atoms with Gasteiger partial charge in [-0.1, -0.05) is 12.1 Å². The Labute approximate surface area is 128 Å². The first-order valence-electron chi connectivity index (χ1n) is 6.75. The molecule has 1 aromatic carbocycles. The van der Waals surface area contributed by atoms with Crippen molar-refractivity contribution in [3.63, 3.8) is 0 Å². The minimum atomic E-state index is -3.34. The van der Waals surface area contributed by atoms with Crippen LogP contribution in [0.25, 0.3) is 16.9 Å². The van der Waals surface area contributed by atoms with Crippen molar-refractivity contribution in [2.24, 2.45) is 0 Å². The third-order valence-corrected chi connectivity index (χ3v) is 4.98. The number of hydrogen-bond acceptors (Lipinski definition) is 5. The molecule has 3 aromatic rings. The average Bonchev–Trinajstić information content (AvgIpc) is 2.95. The summed E-state index contributed by atoms with van der Waals surface area (Å²) in [6, 6.07) is 10.7. The molecular formula is C14H15N5O2S. The van der Waals surface area contributed by atoms with Crippen LogP contribution in [0.4, 0.5) is 5.69 Å². The van der Waals surface area contributed by atoms with Gasteiger partial charge in [0.1, 0.15) is 6.33 Å². The fourth-order valence-corrected chi connectivity index (χ4v) is 2.57. The van der Waals surface area contributed by atoms with Gasteiger partial charge >= 0.3 is 0 Å². The first-order chi connectivity index (χ1) is 10.5. The predicted molar refractivity (Wildman–Crippen MR) is 83.9 cm³/mol. The van der Waals surface area contributed by atoms with Crippen LogP contribution in [0, 0.1) is 0 Å². The number of fused-ring (bicyclic) bond motifs is 1. The Kier molecular flexibility index (Phi) is 3.53. The molecule has 0 unspecified atom stereocenters. The Morgan fingerprint density at radius 2 is 1.82 bits per heavy atom.